The number of hydrogen-bond acceptors (Lipinski definition) is 4. The first kappa shape index (κ1) is 21.5. The molecule has 0 bridgehead atoms. The minimum absolute atomic E-state index is 0.0772. The molecule has 1 aliphatic carbocycles. The number of ether oxygens (including phenoxy) is 1. The van der Waals surface area contributed by atoms with Gasteiger partial charge in [0.05, 0.1) is 28.1 Å². The molecule has 2 aliphatic rings. The lowest BCUT2D eigenvalue weighted by atomic mass is 9.90. The van der Waals surface area contributed by atoms with Gasteiger partial charge < -0.3 is 20.7 Å². The van der Waals surface area contributed by atoms with E-state index in [1.54, 1.807) is 0 Å². The van der Waals surface area contributed by atoms with E-state index in [1.165, 1.54) is 18.9 Å². The van der Waals surface area contributed by atoms with E-state index in [0.29, 0.717) is 17.8 Å². The fraction of sp³-hybridized carbons (Fsp3) is 0.700. The van der Waals surface area contributed by atoms with E-state index < -0.39 is 11.7 Å². The maximum Gasteiger partial charge on any atom is 0.417 e. The van der Waals surface area contributed by atoms with Crippen LogP contribution < -0.4 is 11.1 Å². The molecule has 158 valence electrons. The monoisotopic (exact) mass is 419 g/mol. The topological polar surface area (TPSA) is 50.5 Å². The maximum absolute atomic E-state index is 12.9. The highest BCUT2D eigenvalue weighted by Crippen LogP contribution is 2.39. The summed E-state index contributed by atoms with van der Waals surface area (Å²) in [7, 11) is 0. The largest absolute Gasteiger partial charge is 0.417 e. The summed E-state index contributed by atoms with van der Waals surface area (Å²) in [5.74, 6) is 0. The van der Waals surface area contributed by atoms with Crippen LogP contribution in [0.2, 0.25) is 5.02 Å². The van der Waals surface area contributed by atoms with Gasteiger partial charge in [-0.25, -0.2) is 0 Å². The first-order valence-corrected chi connectivity index (χ1v) is 10.4. The summed E-state index contributed by atoms with van der Waals surface area (Å²) >= 11 is 5.83. The molecule has 0 atom stereocenters. The van der Waals surface area contributed by atoms with Crippen molar-refractivity contribution in [3.05, 3.63) is 22.7 Å². The van der Waals surface area contributed by atoms with Crippen LogP contribution in [0.25, 0.3) is 0 Å². The Balaban J connectivity index is 1.52. The van der Waals surface area contributed by atoms with Gasteiger partial charge in [0.1, 0.15) is 0 Å². The average Bonchev–Trinajstić information content (AvgIpc) is 2.65. The molecular formula is C20H29ClF3N3O. The molecule has 1 heterocycles. The Bertz CT molecular complexity index is 655. The molecule has 1 aromatic carbocycles. The van der Waals surface area contributed by atoms with Crippen molar-refractivity contribution in [2.75, 3.05) is 30.7 Å². The highest BCUT2D eigenvalue weighted by atomic mass is 35.5. The molecule has 1 saturated carbocycles. The zero-order valence-electron chi connectivity index (χ0n) is 16.2. The quantitative estimate of drug-likeness (QED) is 0.647. The number of nitrogens with two attached hydrogens (primary N) is 1. The van der Waals surface area contributed by atoms with Gasteiger partial charge in [0.15, 0.2) is 0 Å². The highest BCUT2D eigenvalue weighted by molar-refractivity contribution is 6.32. The third kappa shape index (κ3) is 5.24. The first-order chi connectivity index (χ1) is 13.3. The van der Waals surface area contributed by atoms with Gasteiger partial charge in [0.2, 0.25) is 0 Å². The predicted octanol–water partition coefficient (Wildman–Crippen LogP) is 5.17. The lowest BCUT2D eigenvalue weighted by Crippen LogP contribution is -2.46. The average molecular weight is 420 g/mol. The lowest BCUT2D eigenvalue weighted by molar-refractivity contribution is -0.137. The second-order valence-corrected chi connectivity index (χ2v) is 8.16. The number of anilines is 2. The van der Waals surface area contributed by atoms with Crippen molar-refractivity contribution in [2.45, 2.75) is 69.8 Å². The Kier molecular flexibility index (Phi) is 6.99. The SMILES string of the molecule is CCOC1CCC(N2CCC(Nc3cc(Cl)c(C(F)(F)F)cc3N)CC2)CC1. The van der Waals surface area contributed by atoms with Crippen molar-refractivity contribution in [2.24, 2.45) is 0 Å². The molecule has 2 fully saturated rings. The molecule has 1 aliphatic heterocycles. The molecule has 1 aromatic rings. The van der Waals surface area contributed by atoms with Crippen LogP contribution in [0, 0.1) is 0 Å². The van der Waals surface area contributed by atoms with Gasteiger partial charge in [-0.2, -0.15) is 13.2 Å². The Labute approximate surface area is 169 Å². The standard InChI is InChI=1S/C20H29ClF3N3O/c1-2-28-15-5-3-14(4-6-15)27-9-7-13(8-10-27)26-19-12-17(21)16(11-18(19)25)20(22,23)24/h11-15,26H,2-10,25H2,1H3. The van der Waals surface area contributed by atoms with Gasteiger partial charge >= 0.3 is 6.18 Å². The third-order valence-corrected chi connectivity index (χ3v) is 6.21. The minimum Gasteiger partial charge on any atom is -0.397 e. The smallest absolute Gasteiger partial charge is 0.397 e. The van der Waals surface area contributed by atoms with Crippen molar-refractivity contribution in [1.82, 2.24) is 4.90 Å². The summed E-state index contributed by atoms with van der Waals surface area (Å²) in [4.78, 5) is 2.55. The number of nitrogen functional groups attached to an aromatic ring is 1. The second kappa shape index (κ2) is 9.09. The van der Waals surface area contributed by atoms with Crippen LogP contribution in [0.1, 0.15) is 51.0 Å². The van der Waals surface area contributed by atoms with E-state index in [4.69, 9.17) is 22.1 Å². The number of nitrogens with one attached hydrogen (secondary N) is 1. The zero-order chi connectivity index (χ0) is 20.3. The van der Waals surface area contributed by atoms with E-state index in [1.807, 2.05) is 6.92 Å². The van der Waals surface area contributed by atoms with Gasteiger partial charge in [-0.15, -0.1) is 0 Å². The molecular weight excluding hydrogens is 391 g/mol. The molecule has 0 radical (unpaired) electrons. The van der Waals surface area contributed by atoms with Crippen LogP contribution in [-0.2, 0) is 10.9 Å². The minimum atomic E-state index is -4.50. The molecule has 8 heteroatoms. The van der Waals surface area contributed by atoms with Crippen LogP contribution in [0.5, 0.6) is 0 Å². The normalized spacial score (nSPS) is 25.0. The summed E-state index contributed by atoms with van der Waals surface area (Å²) < 4.78 is 44.5. The van der Waals surface area contributed by atoms with E-state index in [2.05, 4.69) is 10.2 Å². The molecule has 1 saturated heterocycles. The number of halogens is 4. The van der Waals surface area contributed by atoms with Crippen LogP contribution in [0.4, 0.5) is 24.5 Å². The summed E-state index contributed by atoms with van der Waals surface area (Å²) in [6, 6.07) is 3.01. The number of hydrogen-bond donors (Lipinski definition) is 2. The van der Waals surface area contributed by atoms with Crippen LogP contribution in [0.3, 0.4) is 0 Å². The Morgan fingerprint density at radius 3 is 2.36 bits per heavy atom. The molecule has 0 spiro atoms. The van der Waals surface area contributed by atoms with E-state index in [0.717, 1.165) is 51.4 Å². The molecule has 28 heavy (non-hydrogen) atoms. The van der Waals surface area contributed by atoms with Gasteiger partial charge in [0.25, 0.3) is 0 Å². The summed E-state index contributed by atoms with van der Waals surface area (Å²) in [5, 5.41) is 2.97. The van der Waals surface area contributed by atoms with Gasteiger partial charge in [-0.3, -0.25) is 0 Å². The van der Waals surface area contributed by atoms with E-state index in [-0.39, 0.29) is 16.8 Å². The summed E-state index contributed by atoms with van der Waals surface area (Å²) in [5.41, 5.74) is 5.51. The van der Waals surface area contributed by atoms with Crippen LogP contribution in [0.15, 0.2) is 12.1 Å². The van der Waals surface area contributed by atoms with E-state index in [9.17, 15) is 13.2 Å². The summed E-state index contributed by atoms with van der Waals surface area (Å²) in [6.07, 6.45) is 2.36. The number of rotatable bonds is 5. The maximum atomic E-state index is 12.9. The number of likely N-dealkylation sites (tertiary alicyclic amines) is 1. The molecule has 3 rings (SSSR count). The van der Waals surface area contributed by atoms with Gasteiger partial charge in [0, 0.05) is 31.8 Å². The number of nitrogens with zero attached hydrogens (tertiary/aromatic N) is 1. The first-order valence-electron chi connectivity index (χ1n) is 10.1. The van der Waals surface area contributed by atoms with Crippen molar-refractivity contribution in [1.29, 1.82) is 0 Å². The molecule has 4 nitrogen and oxygen atoms in total. The van der Waals surface area contributed by atoms with E-state index >= 15 is 0 Å². The number of piperidine rings is 1. The van der Waals surface area contributed by atoms with Crippen molar-refractivity contribution < 1.29 is 17.9 Å². The third-order valence-electron chi connectivity index (χ3n) is 5.90. The molecule has 3 N–H and O–H groups in total. The van der Waals surface area contributed by atoms with Crippen LogP contribution in [-0.4, -0.2) is 42.8 Å². The fourth-order valence-corrected chi connectivity index (χ4v) is 4.64. The van der Waals surface area contributed by atoms with Crippen molar-refractivity contribution in [3.8, 4) is 0 Å². The summed E-state index contributed by atoms with van der Waals surface area (Å²) in [6.45, 7) is 4.79. The number of benzene rings is 1. The Hall–Kier alpha value is -1.18. The van der Waals surface area contributed by atoms with Crippen molar-refractivity contribution >= 4 is 23.0 Å². The molecule has 0 aromatic heterocycles. The highest BCUT2D eigenvalue weighted by Gasteiger charge is 2.34. The van der Waals surface area contributed by atoms with Gasteiger partial charge in [-0.1, -0.05) is 11.6 Å². The second-order valence-electron chi connectivity index (χ2n) is 7.76. The van der Waals surface area contributed by atoms with Crippen LogP contribution >= 0.6 is 11.6 Å². The zero-order valence-corrected chi connectivity index (χ0v) is 17.0. The Morgan fingerprint density at radius 1 is 1.14 bits per heavy atom. The Morgan fingerprint density at radius 2 is 1.79 bits per heavy atom. The molecule has 0 amide bonds. The number of alkyl halides is 3. The van der Waals surface area contributed by atoms with Crippen molar-refractivity contribution in [3.63, 3.8) is 0 Å². The van der Waals surface area contributed by atoms with Gasteiger partial charge in [-0.05, 0) is 57.6 Å². The predicted molar refractivity (Wildman–Crippen MR) is 107 cm³/mol. The lowest BCUT2D eigenvalue weighted by Gasteiger charge is -2.41. The fourth-order valence-electron chi connectivity index (χ4n) is 4.37. The molecule has 0 unspecified atom stereocenters.